The van der Waals surface area contributed by atoms with E-state index < -0.39 is 35.9 Å². The van der Waals surface area contributed by atoms with Gasteiger partial charge in [-0.05, 0) is 43.6 Å². The molecule has 1 rings (SSSR count). The Morgan fingerprint density at radius 2 is 1.58 bits per heavy atom. The van der Waals surface area contributed by atoms with Gasteiger partial charge < -0.3 is 26.4 Å². The van der Waals surface area contributed by atoms with Crippen molar-refractivity contribution in [2.24, 2.45) is 17.8 Å². The molecular weight excluding hydrogens is 400 g/mol. The molecule has 1 aliphatic heterocycles. The lowest BCUT2D eigenvalue weighted by atomic mass is 9.95. The number of aliphatic carboxylic acids is 1. The topological polar surface area (TPSA) is 137 Å². The molecule has 0 bridgehead atoms. The highest BCUT2D eigenvalue weighted by Crippen LogP contribution is 2.13. The summed E-state index contributed by atoms with van der Waals surface area (Å²) in [6.45, 7) is 11.9. The first kappa shape index (κ1) is 26.9. The van der Waals surface area contributed by atoms with E-state index in [0.29, 0.717) is 12.8 Å². The third-order valence-electron chi connectivity index (χ3n) is 5.74. The summed E-state index contributed by atoms with van der Waals surface area (Å²) < 4.78 is 0. The molecule has 1 saturated heterocycles. The van der Waals surface area contributed by atoms with Gasteiger partial charge >= 0.3 is 5.97 Å². The van der Waals surface area contributed by atoms with Crippen molar-refractivity contribution >= 4 is 23.7 Å². The fourth-order valence-corrected chi connectivity index (χ4v) is 3.60. The molecule has 1 fully saturated rings. The molecule has 178 valence electrons. The van der Waals surface area contributed by atoms with Gasteiger partial charge in [-0.2, -0.15) is 0 Å². The normalized spacial score (nSPS) is 20.1. The average molecular weight is 441 g/mol. The number of rotatable bonds is 12. The molecular formula is C22H40N4O5. The SMILES string of the molecule is CCC(C)C(NC(=O)C1CCCN1)C(=O)NC(C(=O)NC(CC(C)C)C(=O)O)C(C)C. The van der Waals surface area contributed by atoms with Crippen molar-refractivity contribution in [2.75, 3.05) is 6.54 Å². The molecule has 0 spiro atoms. The highest BCUT2D eigenvalue weighted by atomic mass is 16.4. The predicted octanol–water partition coefficient (Wildman–Crippen LogP) is 1.03. The monoisotopic (exact) mass is 440 g/mol. The minimum absolute atomic E-state index is 0.0858. The number of nitrogens with one attached hydrogen (secondary N) is 4. The summed E-state index contributed by atoms with van der Waals surface area (Å²) in [5, 5.41) is 20.7. The Labute approximate surface area is 185 Å². The third-order valence-corrected chi connectivity index (χ3v) is 5.74. The van der Waals surface area contributed by atoms with Gasteiger partial charge in [0.2, 0.25) is 17.7 Å². The van der Waals surface area contributed by atoms with E-state index in [-0.39, 0.29) is 29.7 Å². The Bertz CT molecular complexity index is 631. The molecule has 0 saturated carbocycles. The van der Waals surface area contributed by atoms with Crippen LogP contribution in [0.1, 0.15) is 67.2 Å². The maximum absolute atomic E-state index is 13.1. The van der Waals surface area contributed by atoms with Crippen LogP contribution in [0.3, 0.4) is 0 Å². The van der Waals surface area contributed by atoms with Crippen molar-refractivity contribution < 1.29 is 24.3 Å². The van der Waals surface area contributed by atoms with Crippen LogP contribution in [0, 0.1) is 17.8 Å². The zero-order valence-corrected chi connectivity index (χ0v) is 19.7. The largest absolute Gasteiger partial charge is 0.480 e. The minimum Gasteiger partial charge on any atom is -0.480 e. The molecule has 3 amide bonds. The molecule has 5 atom stereocenters. The van der Waals surface area contributed by atoms with Gasteiger partial charge in [-0.25, -0.2) is 4.79 Å². The number of carbonyl (C=O) groups excluding carboxylic acids is 3. The van der Waals surface area contributed by atoms with Crippen molar-refractivity contribution in [3.8, 4) is 0 Å². The van der Waals surface area contributed by atoms with Gasteiger partial charge in [-0.1, -0.05) is 48.0 Å². The highest BCUT2D eigenvalue weighted by molar-refractivity contribution is 5.94. The second kappa shape index (κ2) is 12.6. The lowest BCUT2D eigenvalue weighted by Crippen LogP contribution is -2.59. The van der Waals surface area contributed by atoms with Gasteiger partial charge in [0, 0.05) is 0 Å². The summed E-state index contributed by atoms with van der Waals surface area (Å²) in [6, 6.07) is -3.02. The highest BCUT2D eigenvalue weighted by Gasteiger charge is 2.34. The van der Waals surface area contributed by atoms with Crippen molar-refractivity contribution in [1.29, 1.82) is 0 Å². The summed E-state index contributed by atoms with van der Waals surface area (Å²) in [4.78, 5) is 50.0. The second-order valence-electron chi connectivity index (χ2n) is 9.28. The molecule has 9 nitrogen and oxygen atoms in total. The summed E-state index contributed by atoms with van der Waals surface area (Å²) >= 11 is 0. The van der Waals surface area contributed by atoms with Crippen LogP contribution in [0.2, 0.25) is 0 Å². The number of hydrogen-bond acceptors (Lipinski definition) is 5. The van der Waals surface area contributed by atoms with E-state index in [1.54, 1.807) is 13.8 Å². The Kier molecular flexibility index (Phi) is 11.0. The van der Waals surface area contributed by atoms with E-state index in [1.807, 2.05) is 27.7 Å². The molecule has 0 radical (unpaired) electrons. The second-order valence-corrected chi connectivity index (χ2v) is 9.28. The van der Waals surface area contributed by atoms with E-state index in [9.17, 15) is 24.3 Å². The van der Waals surface area contributed by atoms with Gasteiger partial charge in [0.25, 0.3) is 0 Å². The first-order chi connectivity index (χ1) is 14.5. The van der Waals surface area contributed by atoms with E-state index in [1.165, 1.54) is 0 Å². The number of carboxylic acid groups (broad SMARTS) is 1. The smallest absolute Gasteiger partial charge is 0.326 e. The number of amides is 3. The van der Waals surface area contributed by atoms with Gasteiger partial charge in [0.1, 0.15) is 18.1 Å². The Morgan fingerprint density at radius 1 is 0.968 bits per heavy atom. The fraction of sp³-hybridized carbons (Fsp3) is 0.818. The fourth-order valence-electron chi connectivity index (χ4n) is 3.60. The molecule has 5 unspecified atom stereocenters. The van der Waals surface area contributed by atoms with E-state index >= 15 is 0 Å². The summed E-state index contributed by atoms with van der Waals surface area (Å²) in [5.41, 5.74) is 0. The lowest BCUT2D eigenvalue weighted by Gasteiger charge is -2.29. The van der Waals surface area contributed by atoms with Gasteiger partial charge in [-0.3, -0.25) is 14.4 Å². The van der Waals surface area contributed by atoms with Crippen LogP contribution in [0.15, 0.2) is 0 Å². The van der Waals surface area contributed by atoms with Crippen LogP contribution in [-0.4, -0.2) is 59.5 Å². The van der Waals surface area contributed by atoms with Crippen LogP contribution in [0.4, 0.5) is 0 Å². The maximum Gasteiger partial charge on any atom is 0.326 e. The molecule has 0 aliphatic carbocycles. The number of hydrogen-bond donors (Lipinski definition) is 5. The van der Waals surface area contributed by atoms with Crippen LogP contribution in [0.25, 0.3) is 0 Å². The number of carboxylic acids is 1. The summed E-state index contributed by atoms with van der Waals surface area (Å²) in [7, 11) is 0. The molecule has 0 aromatic rings. The van der Waals surface area contributed by atoms with Gasteiger partial charge in [0.15, 0.2) is 0 Å². The minimum atomic E-state index is -1.11. The molecule has 1 aliphatic rings. The maximum atomic E-state index is 13.1. The van der Waals surface area contributed by atoms with Crippen molar-refractivity contribution in [3.63, 3.8) is 0 Å². The van der Waals surface area contributed by atoms with Crippen LogP contribution >= 0.6 is 0 Å². The number of carbonyl (C=O) groups is 4. The first-order valence-corrected chi connectivity index (χ1v) is 11.3. The quantitative estimate of drug-likeness (QED) is 0.307. The molecule has 5 N–H and O–H groups in total. The Hall–Kier alpha value is -2.16. The first-order valence-electron chi connectivity index (χ1n) is 11.3. The van der Waals surface area contributed by atoms with Crippen molar-refractivity contribution in [2.45, 2.75) is 91.4 Å². The van der Waals surface area contributed by atoms with Crippen molar-refractivity contribution in [3.05, 3.63) is 0 Å². The van der Waals surface area contributed by atoms with Gasteiger partial charge in [0.05, 0.1) is 6.04 Å². The molecule has 31 heavy (non-hydrogen) atoms. The molecule has 0 aromatic carbocycles. The van der Waals surface area contributed by atoms with Crippen LogP contribution in [-0.2, 0) is 19.2 Å². The predicted molar refractivity (Wildman–Crippen MR) is 118 cm³/mol. The summed E-state index contributed by atoms with van der Waals surface area (Å²) in [6.07, 6.45) is 2.60. The van der Waals surface area contributed by atoms with Crippen molar-refractivity contribution in [1.82, 2.24) is 21.3 Å². The molecule has 1 heterocycles. The third kappa shape index (κ3) is 8.47. The molecule has 0 aromatic heterocycles. The average Bonchev–Trinajstić information content (AvgIpc) is 3.22. The summed E-state index contributed by atoms with van der Waals surface area (Å²) in [5.74, 6) is -2.61. The standard InChI is InChI=1S/C22H40N4O5/c1-7-14(6)18(26-19(27)15-9-8-10-23-15)21(29)25-17(13(4)5)20(28)24-16(22(30)31)11-12(2)3/h12-18,23H,7-11H2,1-6H3,(H,24,28)(H,25,29)(H,26,27)(H,30,31). The molecule has 9 heteroatoms. The van der Waals surface area contributed by atoms with E-state index in [4.69, 9.17) is 0 Å². The van der Waals surface area contributed by atoms with E-state index in [0.717, 1.165) is 19.4 Å². The van der Waals surface area contributed by atoms with Crippen LogP contribution < -0.4 is 21.3 Å². The zero-order valence-electron chi connectivity index (χ0n) is 19.7. The van der Waals surface area contributed by atoms with Gasteiger partial charge in [-0.15, -0.1) is 0 Å². The zero-order chi connectivity index (χ0) is 23.7. The Balaban J connectivity index is 2.90. The van der Waals surface area contributed by atoms with Crippen LogP contribution in [0.5, 0.6) is 0 Å². The van der Waals surface area contributed by atoms with E-state index in [2.05, 4.69) is 21.3 Å². The Morgan fingerprint density at radius 3 is 2.03 bits per heavy atom. The lowest BCUT2D eigenvalue weighted by molar-refractivity contribution is -0.143.